The number of esters is 2. The summed E-state index contributed by atoms with van der Waals surface area (Å²) in [4.78, 5) is 31.0. The van der Waals surface area contributed by atoms with Gasteiger partial charge in [0, 0.05) is 23.1 Å². The zero-order valence-corrected chi connectivity index (χ0v) is 21.2. The average Bonchev–Trinajstić information content (AvgIpc) is 3.44. The van der Waals surface area contributed by atoms with E-state index in [2.05, 4.69) is 17.5 Å². The van der Waals surface area contributed by atoms with Gasteiger partial charge in [-0.25, -0.2) is 14.6 Å². The first-order chi connectivity index (χ1) is 16.2. The van der Waals surface area contributed by atoms with E-state index in [4.69, 9.17) is 18.9 Å². The number of rotatable bonds is 6. The molecule has 4 rings (SSSR count). The molecule has 7 nitrogen and oxygen atoms in total. The van der Waals surface area contributed by atoms with Gasteiger partial charge in [-0.2, -0.15) is 0 Å². The number of oxazole rings is 1. The first kappa shape index (κ1) is 24.5. The summed E-state index contributed by atoms with van der Waals surface area (Å²) in [6.45, 7) is 8.11. The third-order valence-corrected chi connectivity index (χ3v) is 7.04. The molecule has 0 spiro atoms. The van der Waals surface area contributed by atoms with E-state index in [0.717, 1.165) is 46.2 Å². The normalized spacial score (nSPS) is 18.1. The van der Waals surface area contributed by atoms with Crippen molar-refractivity contribution in [1.82, 2.24) is 10.3 Å². The molecule has 1 aromatic carbocycles. The third kappa shape index (κ3) is 5.39. The molecule has 182 valence electrons. The fourth-order valence-electron chi connectivity index (χ4n) is 4.27. The highest BCUT2D eigenvalue weighted by Gasteiger charge is 2.32. The minimum Gasteiger partial charge on any atom is -0.465 e. The molecular formula is C26H32N2O5S. The molecule has 0 radical (unpaired) electrons. The molecule has 1 aliphatic heterocycles. The topological polar surface area (TPSA) is 90.7 Å². The molecule has 2 aliphatic rings. The highest BCUT2D eigenvalue weighted by Crippen LogP contribution is 2.36. The van der Waals surface area contributed by atoms with E-state index in [-0.39, 0.29) is 5.97 Å². The van der Waals surface area contributed by atoms with Gasteiger partial charge < -0.3 is 19.2 Å². The van der Waals surface area contributed by atoms with Crippen LogP contribution in [0.15, 0.2) is 33.6 Å². The Balaban J connectivity index is 1.62. The lowest BCUT2D eigenvalue weighted by molar-refractivity contribution is -0.157. The monoisotopic (exact) mass is 484 g/mol. The largest absolute Gasteiger partial charge is 0.465 e. The van der Waals surface area contributed by atoms with E-state index >= 15 is 0 Å². The van der Waals surface area contributed by atoms with Gasteiger partial charge in [-0.05, 0) is 70.2 Å². The van der Waals surface area contributed by atoms with Crippen LogP contribution in [0.25, 0.3) is 0 Å². The number of hydrogen-bond donors (Lipinski definition) is 1. The van der Waals surface area contributed by atoms with E-state index < -0.39 is 17.6 Å². The first-order valence-electron chi connectivity index (χ1n) is 11.6. The maximum Gasteiger partial charge on any atom is 0.339 e. The number of methoxy groups -OCH3 is 1. The van der Waals surface area contributed by atoms with Crippen LogP contribution in [0.4, 0.5) is 0 Å². The summed E-state index contributed by atoms with van der Waals surface area (Å²) < 4.78 is 16.6. The Hall–Kier alpha value is -2.58. The van der Waals surface area contributed by atoms with Crippen LogP contribution in [-0.2, 0) is 26.4 Å². The Morgan fingerprint density at radius 2 is 1.97 bits per heavy atom. The molecular weight excluding hydrogens is 452 g/mol. The van der Waals surface area contributed by atoms with Crippen LogP contribution < -0.4 is 5.32 Å². The number of nitrogens with one attached hydrogen (secondary N) is 1. The summed E-state index contributed by atoms with van der Waals surface area (Å²) in [7, 11) is 1.38. The lowest BCUT2D eigenvalue weighted by Crippen LogP contribution is -2.39. The smallest absolute Gasteiger partial charge is 0.339 e. The Bertz CT molecular complexity index is 1110. The molecule has 2 heterocycles. The van der Waals surface area contributed by atoms with Crippen LogP contribution in [-0.4, -0.2) is 36.2 Å². The fraction of sp³-hybridized carbons (Fsp3) is 0.500. The standard InChI is InChI=1S/C26H32N2O5S/c1-15-20(28-23(32-15)16-8-6-7-9-16)14-34-21-13-18-17(12-19(21)24(29)31-5)10-11-27-22(18)25(30)33-26(2,3)4/h6-7,12-13,16,22,27H,8-11,14H2,1-5H3. The van der Waals surface area contributed by atoms with Gasteiger partial charge in [0.25, 0.3) is 0 Å². The van der Waals surface area contributed by atoms with Crippen molar-refractivity contribution in [2.75, 3.05) is 13.7 Å². The van der Waals surface area contributed by atoms with Gasteiger partial charge >= 0.3 is 11.9 Å². The van der Waals surface area contributed by atoms with Crippen molar-refractivity contribution < 1.29 is 23.5 Å². The van der Waals surface area contributed by atoms with Gasteiger partial charge in [0.05, 0.1) is 18.4 Å². The van der Waals surface area contributed by atoms with E-state index in [9.17, 15) is 9.59 Å². The zero-order chi connectivity index (χ0) is 24.5. The second kappa shape index (κ2) is 9.96. The van der Waals surface area contributed by atoms with Crippen molar-refractivity contribution in [2.45, 2.75) is 75.2 Å². The van der Waals surface area contributed by atoms with E-state index in [1.165, 1.54) is 18.9 Å². The second-order valence-corrected chi connectivity index (χ2v) is 10.7. The number of ether oxygens (including phenoxy) is 2. The van der Waals surface area contributed by atoms with Crippen LogP contribution in [0.2, 0.25) is 0 Å². The van der Waals surface area contributed by atoms with Crippen molar-refractivity contribution in [3.05, 3.63) is 58.3 Å². The highest BCUT2D eigenvalue weighted by molar-refractivity contribution is 7.98. The van der Waals surface area contributed by atoms with Crippen LogP contribution in [0.5, 0.6) is 0 Å². The number of benzene rings is 1. The van der Waals surface area contributed by atoms with E-state index in [1.54, 1.807) is 0 Å². The van der Waals surface area contributed by atoms with Gasteiger partial charge in [0.15, 0.2) is 5.89 Å². The number of fused-ring (bicyclic) bond motifs is 1. The summed E-state index contributed by atoms with van der Waals surface area (Å²) in [5, 5.41) is 3.27. The summed E-state index contributed by atoms with van der Waals surface area (Å²) in [5.41, 5.74) is 2.56. The van der Waals surface area contributed by atoms with Crippen LogP contribution in [0.3, 0.4) is 0 Å². The van der Waals surface area contributed by atoms with Gasteiger partial charge in [-0.3, -0.25) is 0 Å². The summed E-state index contributed by atoms with van der Waals surface area (Å²) in [6.07, 6.45) is 6.92. The molecule has 2 aromatic rings. The van der Waals surface area contributed by atoms with Crippen molar-refractivity contribution >= 4 is 23.7 Å². The molecule has 1 aromatic heterocycles. The van der Waals surface area contributed by atoms with Crippen molar-refractivity contribution in [3.8, 4) is 0 Å². The third-order valence-electron chi connectivity index (χ3n) is 5.97. The number of nitrogens with zero attached hydrogens (tertiary/aromatic N) is 1. The summed E-state index contributed by atoms with van der Waals surface area (Å²) in [6, 6.07) is 3.20. The number of allylic oxidation sites excluding steroid dienone is 2. The quantitative estimate of drug-likeness (QED) is 0.347. The molecule has 8 heteroatoms. The maximum atomic E-state index is 12.9. The number of aryl methyl sites for hydroxylation is 1. The second-order valence-electron chi connectivity index (χ2n) is 9.69. The molecule has 34 heavy (non-hydrogen) atoms. The lowest BCUT2D eigenvalue weighted by Gasteiger charge is -2.29. The van der Waals surface area contributed by atoms with E-state index in [0.29, 0.717) is 30.2 Å². The molecule has 0 saturated carbocycles. The predicted octanol–water partition coefficient (Wildman–Crippen LogP) is 5.02. The molecule has 0 amide bonds. The molecule has 0 saturated heterocycles. The van der Waals surface area contributed by atoms with Gasteiger partial charge in [0.2, 0.25) is 0 Å². The molecule has 1 N–H and O–H groups in total. The Kier molecular flexibility index (Phi) is 7.19. The number of carbonyl (C=O) groups excluding carboxylic acids is 2. The maximum absolute atomic E-state index is 12.9. The average molecular weight is 485 g/mol. The Morgan fingerprint density at radius 3 is 2.65 bits per heavy atom. The Labute approximate surface area is 204 Å². The minimum absolute atomic E-state index is 0.299. The van der Waals surface area contributed by atoms with Crippen molar-refractivity contribution in [2.24, 2.45) is 0 Å². The van der Waals surface area contributed by atoms with Crippen molar-refractivity contribution in [3.63, 3.8) is 0 Å². The predicted molar refractivity (Wildman–Crippen MR) is 130 cm³/mol. The van der Waals surface area contributed by atoms with Crippen molar-refractivity contribution in [1.29, 1.82) is 0 Å². The van der Waals surface area contributed by atoms with Crippen LogP contribution in [0, 0.1) is 6.92 Å². The number of thioether (sulfide) groups is 1. The van der Waals surface area contributed by atoms with Gasteiger partial charge in [0.1, 0.15) is 17.4 Å². The minimum atomic E-state index is -0.586. The fourth-order valence-corrected chi connectivity index (χ4v) is 5.34. The molecule has 1 aliphatic carbocycles. The highest BCUT2D eigenvalue weighted by atomic mass is 32.2. The van der Waals surface area contributed by atoms with Crippen LogP contribution in [0.1, 0.15) is 84.4 Å². The SMILES string of the molecule is COC(=O)c1cc2c(cc1SCc1nc(C3CC=CC3)oc1C)C(C(=O)OC(C)(C)C)NCC2. The molecule has 1 unspecified atom stereocenters. The molecule has 0 bridgehead atoms. The van der Waals surface area contributed by atoms with Gasteiger partial charge in [-0.15, -0.1) is 11.8 Å². The Morgan fingerprint density at radius 1 is 1.24 bits per heavy atom. The van der Waals surface area contributed by atoms with Gasteiger partial charge in [-0.1, -0.05) is 12.2 Å². The summed E-state index contributed by atoms with van der Waals surface area (Å²) in [5.74, 6) is 1.69. The lowest BCUT2D eigenvalue weighted by atomic mass is 9.92. The summed E-state index contributed by atoms with van der Waals surface area (Å²) >= 11 is 1.49. The number of aromatic nitrogens is 1. The zero-order valence-electron chi connectivity index (χ0n) is 20.4. The molecule has 1 atom stereocenters. The van der Waals surface area contributed by atoms with Crippen LogP contribution >= 0.6 is 11.8 Å². The molecule has 0 fully saturated rings. The van der Waals surface area contributed by atoms with E-state index in [1.807, 2.05) is 39.8 Å². The first-order valence-corrected chi connectivity index (χ1v) is 12.6. The number of carbonyl (C=O) groups is 2. The number of hydrogen-bond acceptors (Lipinski definition) is 8.